The third kappa shape index (κ3) is 70.9. The predicted octanol–water partition coefficient (Wildman–Crippen LogP) is 22.8. The summed E-state index contributed by atoms with van der Waals surface area (Å²) < 4.78 is 68.6. The Morgan fingerprint density at radius 1 is 0.289 bits per heavy atom. The Hall–Kier alpha value is -1.94. The first kappa shape index (κ1) is 95.1. The second kappa shape index (κ2) is 67.2. The molecular weight excluding hydrogens is 1270 g/mol. The van der Waals surface area contributed by atoms with E-state index in [4.69, 9.17) is 37.0 Å². The van der Waals surface area contributed by atoms with Crippen molar-refractivity contribution in [3.63, 3.8) is 0 Å². The summed E-state index contributed by atoms with van der Waals surface area (Å²) in [5.74, 6) is 0.976. The van der Waals surface area contributed by atoms with Crippen molar-refractivity contribution in [3.8, 4) is 0 Å². The van der Waals surface area contributed by atoms with Crippen LogP contribution in [0.5, 0.6) is 0 Å². The number of hydrogen-bond acceptors (Lipinski definition) is 15. The smallest absolute Gasteiger partial charge is 0.462 e. The second-order valence-electron chi connectivity index (χ2n) is 29.8. The number of carbonyl (C=O) groups is 4. The number of hydrogen-bond donors (Lipinski definition) is 3. The van der Waals surface area contributed by atoms with Crippen molar-refractivity contribution in [3.05, 3.63) is 0 Å². The van der Waals surface area contributed by atoms with Gasteiger partial charge in [-0.2, -0.15) is 0 Å². The van der Waals surface area contributed by atoms with Gasteiger partial charge in [-0.05, 0) is 49.4 Å². The van der Waals surface area contributed by atoms with E-state index in [-0.39, 0.29) is 25.7 Å². The molecule has 0 radical (unpaired) electrons. The van der Waals surface area contributed by atoms with E-state index in [9.17, 15) is 43.2 Å². The number of ether oxygens (including phenoxy) is 4. The molecule has 4 unspecified atom stereocenters. The predicted molar refractivity (Wildman–Crippen MR) is 395 cm³/mol. The van der Waals surface area contributed by atoms with Gasteiger partial charge in [0.1, 0.15) is 19.3 Å². The summed E-state index contributed by atoms with van der Waals surface area (Å²) in [4.78, 5) is 72.9. The first-order valence-electron chi connectivity index (χ1n) is 40.2. The highest BCUT2D eigenvalue weighted by Gasteiger charge is 2.30. The lowest BCUT2D eigenvalue weighted by Crippen LogP contribution is -2.30. The van der Waals surface area contributed by atoms with Crippen molar-refractivity contribution in [2.75, 3.05) is 39.6 Å². The standard InChI is InChI=1S/C78H152O17P2/c1-9-71(8)57-49-41-33-25-21-22-28-36-45-53-61-78(83)95-74(65-89-76(81)59-51-43-37-29-32-40-48-56-70(6)7)67-93-97(86,87)91-63-72(79)62-90-96(84,85)92-66-73(94-77(82)60-52-44-35-27-20-16-12-14-18-24-31-39-47-55-69(4)5)64-88-75(80)58-50-42-34-26-19-15-11-10-13-17-23-30-38-46-54-68(2)3/h68-74,79H,9-67H2,1-8H3,(H,84,85)(H,86,87)/t71?,72?,73-,74-/m1/s1. The number of aliphatic hydroxyl groups is 1. The molecule has 0 aromatic carbocycles. The molecule has 0 aliphatic heterocycles. The summed E-state index contributed by atoms with van der Waals surface area (Å²) in [7, 11) is -9.92. The maximum Gasteiger partial charge on any atom is 0.472 e. The quantitative estimate of drug-likeness (QED) is 0.0222. The van der Waals surface area contributed by atoms with Crippen molar-refractivity contribution in [1.29, 1.82) is 0 Å². The van der Waals surface area contributed by atoms with Gasteiger partial charge in [0.2, 0.25) is 0 Å². The van der Waals surface area contributed by atoms with Gasteiger partial charge in [0.15, 0.2) is 12.2 Å². The third-order valence-electron chi connectivity index (χ3n) is 18.4. The maximum absolute atomic E-state index is 13.1. The fraction of sp³-hybridized carbons (Fsp3) is 0.949. The van der Waals surface area contributed by atoms with Gasteiger partial charge >= 0.3 is 39.5 Å². The van der Waals surface area contributed by atoms with Gasteiger partial charge in [0.05, 0.1) is 26.4 Å². The van der Waals surface area contributed by atoms with Gasteiger partial charge in [0, 0.05) is 25.7 Å². The lowest BCUT2D eigenvalue weighted by molar-refractivity contribution is -0.161. The zero-order valence-electron chi connectivity index (χ0n) is 63.7. The molecule has 19 heteroatoms. The molecule has 0 saturated carbocycles. The van der Waals surface area contributed by atoms with Crippen LogP contribution < -0.4 is 0 Å². The number of phosphoric ester groups is 2. The van der Waals surface area contributed by atoms with Gasteiger partial charge < -0.3 is 33.8 Å². The molecule has 0 rings (SSSR count). The molecule has 0 aliphatic carbocycles. The summed E-state index contributed by atoms with van der Waals surface area (Å²) in [6.45, 7) is 14.2. The topological polar surface area (TPSA) is 237 Å². The molecule has 0 aromatic rings. The van der Waals surface area contributed by atoms with E-state index in [1.807, 2.05) is 0 Å². The van der Waals surface area contributed by atoms with Gasteiger partial charge in [-0.1, -0.05) is 344 Å². The van der Waals surface area contributed by atoms with E-state index in [0.717, 1.165) is 114 Å². The van der Waals surface area contributed by atoms with Crippen molar-refractivity contribution in [2.45, 2.75) is 414 Å². The first-order valence-corrected chi connectivity index (χ1v) is 43.2. The van der Waals surface area contributed by atoms with Crippen molar-refractivity contribution >= 4 is 39.5 Å². The normalized spacial score (nSPS) is 14.4. The van der Waals surface area contributed by atoms with Gasteiger partial charge in [-0.25, -0.2) is 9.13 Å². The highest BCUT2D eigenvalue weighted by Crippen LogP contribution is 2.45. The Bertz CT molecular complexity index is 1900. The number of esters is 4. The Morgan fingerprint density at radius 2 is 0.495 bits per heavy atom. The highest BCUT2D eigenvalue weighted by atomic mass is 31.2. The second-order valence-corrected chi connectivity index (χ2v) is 32.7. The van der Waals surface area contributed by atoms with E-state index in [2.05, 4.69) is 55.4 Å². The molecule has 3 N–H and O–H groups in total. The van der Waals surface area contributed by atoms with Crippen LogP contribution in [0, 0.1) is 23.7 Å². The SMILES string of the molecule is CCC(C)CCCCCCCCCCCCC(=O)O[C@H](COC(=O)CCCCCCCCCC(C)C)COP(=O)(O)OCC(O)COP(=O)(O)OC[C@@H](COC(=O)CCCCCCCCCCCCCCCCC(C)C)OC(=O)CCCCCCCCCCCCCCCC(C)C. The van der Waals surface area contributed by atoms with Crippen LogP contribution >= 0.6 is 15.6 Å². The van der Waals surface area contributed by atoms with Gasteiger partial charge in [-0.3, -0.25) is 37.3 Å². The van der Waals surface area contributed by atoms with Crippen LogP contribution in [0.4, 0.5) is 0 Å². The fourth-order valence-corrected chi connectivity index (χ4v) is 13.5. The molecule has 0 bridgehead atoms. The Balaban J connectivity index is 5.26. The lowest BCUT2D eigenvalue weighted by Gasteiger charge is -2.21. The van der Waals surface area contributed by atoms with Crippen LogP contribution in [0.3, 0.4) is 0 Å². The minimum Gasteiger partial charge on any atom is -0.462 e. The van der Waals surface area contributed by atoms with Crippen LogP contribution in [0.2, 0.25) is 0 Å². The van der Waals surface area contributed by atoms with Crippen molar-refractivity contribution in [1.82, 2.24) is 0 Å². The third-order valence-corrected chi connectivity index (χ3v) is 20.3. The Kier molecular flexibility index (Phi) is 65.9. The number of unbranched alkanes of at least 4 members (excludes halogenated alkanes) is 40. The molecular formula is C78H152O17P2. The van der Waals surface area contributed by atoms with E-state index in [0.29, 0.717) is 31.6 Å². The number of rotatable bonds is 75. The molecule has 576 valence electrons. The molecule has 17 nitrogen and oxygen atoms in total. The summed E-state index contributed by atoms with van der Waals surface area (Å²) >= 11 is 0. The van der Waals surface area contributed by atoms with Gasteiger partial charge in [-0.15, -0.1) is 0 Å². The molecule has 0 fully saturated rings. The van der Waals surface area contributed by atoms with Gasteiger partial charge in [0.25, 0.3) is 0 Å². The summed E-state index contributed by atoms with van der Waals surface area (Å²) in [6, 6.07) is 0. The Morgan fingerprint density at radius 3 is 0.732 bits per heavy atom. The average molecular weight is 1420 g/mol. The number of phosphoric acid groups is 2. The van der Waals surface area contributed by atoms with E-state index < -0.39 is 97.5 Å². The monoisotopic (exact) mass is 1420 g/mol. The summed E-state index contributed by atoms with van der Waals surface area (Å²) in [5.41, 5.74) is 0. The zero-order valence-corrected chi connectivity index (χ0v) is 65.5. The van der Waals surface area contributed by atoms with Crippen LogP contribution in [-0.4, -0.2) is 96.7 Å². The Labute approximate surface area is 594 Å². The molecule has 0 aromatic heterocycles. The van der Waals surface area contributed by atoms with Crippen molar-refractivity contribution in [2.24, 2.45) is 23.7 Å². The largest absolute Gasteiger partial charge is 0.472 e. The van der Waals surface area contributed by atoms with Crippen LogP contribution in [0.15, 0.2) is 0 Å². The minimum absolute atomic E-state index is 0.105. The van der Waals surface area contributed by atoms with Crippen LogP contribution in [-0.2, 0) is 65.4 Å². The molecule has 97 heavy (non-hydrogen) atoms. The highest BCUT2D eigenvalue weighted by molar-refractivity contribution is 7.47. The van der Waals surface area contributed by atoms with Crippen LogP contribution in [0.25, 0.3) is 0 Å². The molecule has 0 heterocycles. The fourth-order valence-electron chi connectivity index (χ4n) is 11.9. The van der Waals surface area contributed by atoms with E-state index >= 15 is 0 Å². The number of aliphatic hydroxyl groups excluding tert-OH is 1. The molecule has 0 aliphatic rings. The summed E-state index contributed by atoms with van der Waals surface area (Å²) in [5, 5.41) is 10.6. The molecule has 0 spiro atoms. The lowest BCUT2D eigenvalue weighted by atomic mass is 9.99. The molecule has 0 amide bonds. The zero-order chi connectivity index (χ0) is 71.7. The number of carbonyl (C=O) groups excluding carboxylic acids is 4. The maximum atomic E-state index is 13.1. The average Bonchev–Trinajstić information content (AvgIpc) is 3.56. The molecule has 0 saturated heterocycles. The van der Waals surface area contributed by atoms with Crippen molar-refractivity contribution < 1.29 is 80.2 Å². The van der Waals surface area contributed by atoms with E-state index in [1.54, 1.807) is 0 Å². The molecule has 6 atom stereocenters. The minimum atomic E-state index is -4.96. The first-order chi connectivity index (χ1) is 46.6. The summed E-state index contributed by atoms with van der Waals surface area (Å²) in [6.07, 6.45) is 52.7. The van der Waals surface area contributed by atoms with E-state index in [1.165, 1.54) is 193 Å². The van der Waals surface area contributed by atoms with Crippen LogP contribution in [0.1, 0.15) is 396 Å².